The maximum absolute atomic E-state index is 11.9. The van der Waals surface area contributed by atoms with E-state index in [2.05, 4.69) is 36.4 Å². The minimum Gasteiger partial charge on any atom is -0.379 e. The number of ether oxygens (including phenoxy) is 1. The lowest BCUT2D eigenvalue weighted by atomic mass is 10.1. The molecule has 2 N–H and O–H groups in total. The summed E-state index contributed by atoms with van der Waals surface area (Å²) in [6.07, 6.45) is 3.93. The van der Waals surface area contributed by atoms with Crippen LogP contribution in [-0.2, 0) is 4.74 Å². The largest absolute Gasteiger partial charge is 0.379 e. The molecule has 1 saturated heterocycles. The Balaban J connectivity index is 1.86. The van der Waals surface area contributed by atoms with E-state index in [1.165, 1.54) is 0 Å². The number of hydrogen-bond donors (Lipinski definition) is 2. The van der Waals surface area contributed by atoms with Gasteiger partial charge in [-0.25, -0.2) is 4.98 Å². The highest BCUT2D eigenvalue weighted by molar-refractivity contribution is 5.92. The van der Waals surface area contributed by atoms with Crippen molar-refractivity contribution in [1.29, 1.82) is 0 Å². The van der Waals surface area contributed by atoms with Crippen molar-refractivity contribution in [2.45, 2.75) is 45.3 Å². The van der Waals surface area contributed by atoms with Crippen molar-refractivity contribution in [2.24, 2.45) is 0 Å². The van der Waals surface area contributed by atoms with Crippen LogP contribution in [0.4, 0.5) is 5.69 Å². The van der Waals surface area contributed by atoms with Gasteiger partial charge in [0.25, 0.3) is 5.91 Å². The van der Waals surface area contributed by atoms with E-state index >= 15 is 0 Å². The third-order valence-corrected chi connectivity index (χ3v) is 3.03. The van der Waals surface area contributed by atoms with Gasteiger partial charge in [-0.1, -0.05) is 0 Å². The summed E-state index contributed by atoms with van der Waals surface area (Å²) >= 11 is 0. The monoisotopic (exact) mass is 277 g/mol. The van der Waals surface area contributed by atoms with Crippen LogP contribution in [0.5, 0.6) is 0 Å². The average molecular weight is 277 g/mol. The lowest BCUT2D eigenvalue weighted by molar-refractivity contribution is 0.0854. The molecule has 2 rings (SSSR count). The summed E-state index contributed by atoms with van der Waals surface area (Å²) in [6, 6.07) is 3.61. The molecule has 1 amide bonds. The molecule has 0 spiro atoms. The molecule has 0 radical (unpaired) electrons. The molecule has 1 atom stereocenters. The second-order valence-corrected chi connectivity index (χ2v) is 6.15. The summed E-state index contributed by atoms with van der Waals surface area (Å²) in [5.74, 6) is -0.150. The van der Waals surface area contributed by atoms with E-state index in [1.54, 1.807) is 12.3 Å². The van der Waals surface area contributed by atoms with Crippen LogP contribution in [0.1, 0.15) is 44.1 Å². The van der Waals surface area contributed by atoms with Crippen LogP contribution in [0.25, 0.3) is 0 Å². The Kier molecular flexibility index (Phi) is 4.60. The molecule has 1 aliphatic rings. The summed E-state index contributed by atoms with van der Waals surface area (Å²) in [7, 11) is 0. The van der Waals surface area contributed by atoms with Gasteiger partial charge in [-0.2, -0.15) is 0 Å². The van der Waals surface area contributed by atoms with Crippen molar-refractivity contribution in [1.82, 2.24) is 10.3 Å². The van der Waals surface area contributed by atoms with Gasteiger partial charge >= 0.3 is 0 Å². The van der Waals surface area contributed by atoms with E-state index in [-0.39, 0.29) is 17.6 Å². The summed E-state index contributed by atoms with van der Waals surface area (Å²) in [6.45, 7) is 7.59. The Hall–Kier alpha value is -1.62. The number of aromatic nitrogens is 1. The van der Waals surface area contributed by atoms with E-state index in [1.807, 2.05) is 6.07 Å². The number of pyridine rings is 1. The van der Waals surface area contributed by atoms with E-state index in [4.69, 9.17) is 4.74 Å². The molecule has 0 bridgehead atoms. The Bertz CT molecular complexity index is 445. The topological polar surface area (TPSA) is 63.2 Å². The maximum Gasteiger partial charge on any atom is 0.269 e. The SMILES string of the molecule is CC(C)(C)Nc1ccc(C(=O)NCC2CCCO2)nc1. The molecule has 20 heavy (non-hydrogen) atoms. The minimum absolute atomic E-state index is 0.0226. The number of carbonyl (C=O) groups is 1. The number of nitrogens with zero attached hydrogens (tertiary/aromatic N) is 1. The Morgan fingerprint density at radius 1 is 1.45 bits per heavy atom. The third-order valence-electron chi connectivity index (χ3n) is 3.03. The fourth-order valence-corrected chi connectivity index (χ4v) is 2.14. The molecule has 1 unspecified atom stereocenters. The molecule has 1 aliphatic heterocycles. The van der Waals surface area contributed by atoms with Gasteiger partial charge in [0, 0.05) is 18.7 Å². The normalized spacial score (nSPS) is 18.9. The summed E-state index contributed by atoms with van der Waals surface area (Å²) in [5, 5.41) is 6.17. The molecule has 110 valence electrons. The predicted molar refractivity (Wildman–Crippen MR) is 78.9 cm³/mol. The Labute approximate surface area is 120 Å². The van der Waals surface area contributed by atoms with E-state index in [9.17, 15) is 4.79 Å². The maximum atomic E-state index is 11.9. The van der Waals surface area contributed by atoms with Gasteiger partial charge in [-0.3, -0.25) is 4.79 Å². The van der Waals surface area contributed by atoms with Crippen molar-refractivity contribution in [2.75, 3.05) is 18.5 Å². The quantitative estimate of drug-likeness (QED) is 0.885. The number of anilines is 1. The first-order chi connectivity index (χ1) is 9.44. The molecular formula is C15H23N3O2. The first kappa shape index (κ1) is 14.8. The van der Waals surface area contributed by atoms with Gasteiger partial charge in [0.2, 0.25) is 0 Å². The molecule has 0 aromatic carbocycles. The summed E-state index contributed by atoms with van der Waals surface area (Å²) in [5.41, 5.74) is 1.32. The molecular weight excluding hydrogens is 254 g/mol. The Morgan fingerprint density at radius 3 is 2.80 bits per heavy atom. The third kappa shape index (κ3) is 4.49. The van der Waals surface area contributed by atoms with Gasteiger partial charge in [-0.15, -0.1) is 0 Å². The molecule has 2 heterocycles. The van der Waals surface area contributed by atoms with Crippen molar-refractivity contribution in [3.63, 3.8) is 0 Å². The van der Waals surface area contributed by atoms with Crippen LogP contribution in [0.15, 0.2) is 18.3 Å². The van der Waals surface area contributed by atoms with Crippen LogP contribution in [0, 0.1) is 0 Å². The molecule has 1 aromatic heterocycles. The highest BCUT2D eigenvalue weighted by Crippen LogP contribution is 2.14. The van der Waals surface area contributed by atoms with Crippen molar-refractivity contribution < 1.29 is 9.53 Å². The second-order valence-electron chi connectivity index (χ2n) is 6.15. The van der Waals surface area contributed by atoms with Crippen LogP contribution in [-0.4, -0.2) is 35.7 Å². The zero-order valence-corrected chi connectivity index (χ0v) is 12.4. The van der Waals surface area contributed by atoms with Gasteiger partial charge in [-0.05, 0) is 45.7 Å². The number of hydrogen-bond acceptors (Lipinski definition) is 4. The number of nitrogens with one attached hydrogen (secondary N) is 2. The predicted octanol–water partition coefficient (Wildman–Crippen LogP) is 2.20. The fraction of sp³-hybridized carbons (Fsp3) is 0.600. The molecule has 0 saturated carbocycles. The summed E-state index contributed by atoms with van der Waals surface area (Å²) in [4.78, 5) is 16.1. The van der Waals surface area contributed by atoms with Crippen LogP contribution in [0.3, 0.4) is 0 Å². The Morgan fingerprint density at radius 2 is 2.25 bits per heavy atom. The van der Waals surface area contributed by atoms with Gasteiger partial charge in [0.1, 0.15) is 5.69 Å². The standard InChI is InChI=1S/C15H23N3O2/c1-15(2,3)18-11-6-7-13(16-9-11)14(19)17-10-12-5-4-8-20-12/h6-7,9,12,18H,4-5,8,10H2,1-3H3,(H,17,19). The zero-order valence-electron chi connectivity index (χ0n) is 12.4. The van der Waals surface area contributed by atoms with Crippen molar-refractivity contribution in [3.05, 3.63) is 24.0 Å². The van der Waals surface area contributed by atoms with Gasteiger partial charge < -0.3 is 15.4 Å². The smallest absolute Gasteiger partial charge is 0.269 e. The molecule has 5 heteroatoms. The fourth-order valence-electron chi connectivity index (χ4n) is 2.14. The van der Waals surface area contributed by atoms with E-state index in [0.717, 1.165) is 25.1 Å². The van der Waals surface area contributed by atoms with Gasteiger partial charge in [0.05, 0.1) is 18.0 Å². The average Bonchev–Trinajstić information content (AvgIpc) is 2.88. The lowest BCUT2D eigenvalue weighted by Gasteiger charge is -2.21. The van der Waals surface area contributed by atoms with Crippen LogP contribution < -0.4 is 10.6 Å². The van der Waals surface area contributed by atoms with Gasteiger partial charge in [0.15, 0.2) is 0 Å². The number of carbonyl (C=O) groups excluding carboxylic acids is 1. The summed E-state index contributed by atoms with van der Waals surface area (Å²) < 4.78 is 5.47. The molecule has 1 fully saturated rings. The van der Waals surface area contributed by atoms with Crippen LogP contribution in [0.2, 0.25) is 0 Å². The highest BCUT2D eigenvalue weighted by atomic mass is 16.5. The minimum atomic E-state index is -0.150. The first-order valence-corrected chi connectivity index (χ1v) is 7.08. The lowest BCUT2D eigenvalue weighted by Crippen LogP contribution is -2.32. The van der Waals surface area contributed by atoms with Crippen molar-refractivity contribution >= 4 is 11.6 Å². The zero-order chi connectivity index (χ0) is 14.6. The molecule has 5 nitrogen and oxygen atoms in total. The first-order valence-electron chi connectivity index (χ1n) is 7.08. The van der Waals surface area contributed by atoms with Crippen molar-refractivity contribution in [3.8, 4) is 0 Å². The van der Waals surface area contributed by atoms with E-state index in [0.29, 0.717) is 12.2 Å². The molecule has 1 aromatic rings. The number of rotatable bonds is 4. The second kappa shape index (κ2) is 6.22. The van der Waals surface area contributed by atoms with E-state index < -0.39 is 0 Å². The highest BCUT2D eigenvalue weighted by Gasteiger charge is 2.17. The number of amides is 1. The van der Waals surface area contributed by atoms with Crippen LogP contribution >= 0.6 is 0 Å². The molecule has 0 aliphatic carbocycles.